The summed E-state index contributed by atoms with van der Waals surface area (Å²) < 4.78 is 0. The van der Waals surface area contributed by atoms with Crippen LogP contribution in [0.3, 0.4) is 0 Å². The Balaban J connectivity index is 3.14. The molecule has 0 radical (unpaired) electrons. The van der Waals surface area contributed by atoms with Gasteiger partial charge in [0.2, 0.25) is 0 Å². The average molecular weight is 129 g/mol. The Morgan fingerprint density at radius 2 is 1.80 bits per heavy atom. The molecule has 0 aliphatic heterocycles. The van der Waals surface area contributed by atoms with E-state index in [0.717, 1.165) is 6.71 Å². The minimum absolute atomic E-state index is 0.415. The van der Waals surface area contributed by atoms with Crippen molar-refractivity contribution in [2.24, 2.45) is 0 Å². The molecule has 0 bridgehead atoms. The maximum absolute atomic E-state index is 5.32. The quantitative estimate of drug-likeness (QED) is 0.437. The molecule has 0 amide bonds. The zero-order chi connectivity index (χ0) is 4.28. The molecule has 0 unspecified atom stereocenters. The van der Waals surface area contributed by atoms with Gasteiger partial charge in [0, 0.05) is 6.71 Å². The lowest BCUT2D eigenvalue weighted by Crippen LogP contribution is -1.64. The molecule has 0 aromatic rings. The molecule has 3 heteroatoms. The Labute approximate surface area is 41.1 Å². The molecule has 0 saturated carbocycles. The second-order valence-corrected chi connectivity index (χ2v) is 6.37. The summed E-state index contributed by atoms with van der Waals surface area (Å²) in [6.45, 7) is 0.997. The van der Waals surface area contributed by atoms with E-state index in [-0.39, 0.29) is 0 Å². The highest BCUT2D eigenvalue weighted by Gasteiger charge is 1.60. The number of halogens is 1. The SMILES string of the molecule is CS(C)=PCl. The normalized spacial score (nSPS) is 10.4. The van der Waals surface area contributed by atoms with Crippen molar-refractivity contribution in [3.63, 3.8) is 0 Å². The first-order valence-electron chi connectivity index (χ1n) is 1.17. The molecule has 5 heavy (non-hydrogen) atoms. The molecule has 0 N–H and O–H groups in total. The van der Waals surface area contributed by atoms with Gasteiger partial charge in [-0.15, -0.1) is 0 Å². The standard InChI is InChI=1S/C2H6ClPS/c1-5(2)4-3/h1-2H3. The van der Waals surface area contributed by atoms with Gasteiger partial charge in [0.15, 0.2) is 0 Å². The largest absolute Gasteiger partial charge is 0.153 e. The van der Waals surface area contributed by atoms with Crippen LogP contribution in [0.25, 0.3) is 0 Å². The Hall–Kier alpha value is 0.940. The molecular weight excluding hydrogens is 123 g/mol. The lowest BCUT2D eigenvalue weighted by atomic mass is 11.9. The van der Waals surface area contributed by atoms with Crippen molar-refractivity contribution in [1.82, 2.24) is 0 Å². The van der Waals surface area contributed by atoms with Gasteiger partial charge >= 0.3 is 0 Å². The summed E-state index contributed by atoms with van der Waals surface area (Å²) in [6, 6.07) is 0. The van der Waals surface area contributed by atoms with Crippen LogP contribution in [0.2, 0.25) is 0 Å². The van der Waals surface area contributed by atoms with Crippen LogP contribution in [0.4, 0.5) is 0 Å². The number of hydrogen-bond donors (Lipinski definition) is 0. The molecule has 0 atom stereocenters. The van der Waals surface area contributed by atoms with E-state index in [1.165, 1.54) is 0 Å². The fraction of sp³-hybridized carbons (Fsp3) is 1.00. The van der Waals surface area contributed by atoms with Gasteiger partial charge in [-0.25, -0.2) is 0 Å². The van der Waals surface area contributed by atoms with Crippen molar-refractivity contribution in [2.75, 3.05) is 12.5 Å². The monoisotopic (exact) mass is 128 g/mol. The molecule has 0 spiro atoms. The Kier molecular flexibility index (Phi) is 3.73. The second-order valence-electron chi connectivity index (χ2n) is 0.842. The first kappa shape index (κ1) is 5.94. The van der Waals surface area contributed by atoms with E-state index in [4.69, 9.17) is 11.2 Å². The van der Waals surface area contributed by atoms with Gasteiger partial charge in [-0.1, -0.05) is 11.2 Å². The van der Waals surface area contributed by atoms with E-state index in [1.807, 2.05) is 0 Å². The molecule has 0 aliphatic rings. The first-order chi connectivity index (χ1) is 2.27. The molecule has 0 fully saturated rings. The maximum Gasteiger partial charge on any atom is 0.0358 e. The van der Waals surface area contributed by atoms with Gasteiger partial charge in [0.1, 0.15) is 0 Å². The maximum atomic E-state index is 5.32. The van der Waals surface area contributed by atoms with E-state index < -0.39 is 0 Å². The predicted octanol–water partition coefficient (Wildman–Crippen LogP) is 1.88. The molecule has 0 heterocycles. The zero-order valence-electron chi connectivity index (χ0n) is 3.23. The third-order valence-electron chi connectivity index (χ3n) is 0.138. The minimum atomic E-state index is 0.415. The third kappa shape index (κ3) is 4.94. The molecule has 0 aliphatic carbocycles. The van der Waals surface area contributed by atoms with Gasteiger partial charge in [0.25, 0.3) is 0 Å². The van der Waals surface area contributed by atoms with Crippen LogP contribution in [0, 0.1) is 0 Å². The van der Waals surface area contributed by atoms with Gasteiger partial charge in [-0.2, -0.15) is 10.1 Å². The fourth-order valence-electron chi connectivity index (χ4n) is 0. The van der Waals surface area contributed by atoms with Crippen molar-refractivity contribution >= 4 is 28.0 Å². The smallest absolute Gasteiger partial charge is 0.0358 e. The summed E-state index contributed by atoms with van der Waals surface area (Å²) in [5, 5.41) is 0. The molecule has 0 rings (SSSR count). The predicted molar refractivity (Wildman–Crippen MR) is 32.0 cm³/mol. The van der Waals surface area contributed by atoms with Gasteiger partial charge in [-0.05, 0) is 12.5 Å². The van der Waals surface area contributed by atoms with E-state index in [9.17, 15) is 0 Å². The molecule has 0 nitrogen and oxygen atoms in total. The van der Waals surface area contributed by atoms with Crippen molar-refractivity contribution in [3.05, 3.63) is 0 Å². The average Bonchev–Trinajstić information content (AvgIpc) is 1.38. The highest BCUT2D eigenvalue weighted by atomic mass is 35.7. The van der Waals surface area contributed by atoms with Gasteiger partial charge in [-0.3, -0.25) is 0 Å². The van der Waals surface area contributed by atoms with Crippen LogP contribution in [0.5, 0.6) is 0 Å². The summed E-state index contributed by atoms with van der Waals surface area (Å²) in [5.41, 5.74) is 0. The van der Waals surface area contributed by atoms with Crippen LogP contribution < -0.4 is 0 Å². The van der Waals surface area contributed by atoms with Crippen LogP contribution in [-0.2, 0) is 10.1 Å². The summed E-state index contributed by atoms with van der Waals surface area (Å²) in [4.78, 5) is 0. The van der Waals surface area contributed by atoms with E-state index in [0.29, 0.717) is 10.1 Å². The molecule has 32 valence electrons. The Morgan fingerprint density at radius 1 is 1.60 bits per heavy atom. The lowest BCUT2D eigenvalue weighted by Gasteiger charge is -1.74. The summed E-state index contributed by atoms with van der Waals surface area (Å²) >= 11 is 5.32. The lowest BCUT2D eigenvalue weighted by molar-refractivity contribution is 2.35. The van der Waals surface area contributed by atoms with E-state index in [1.54, 1.807) is 0 Å². The van der Waals surface area contributed by atoms with Gasteiger partial charge < -0.3 is 0 Å². The van der Waals surface area contributed by atoms with Gasteiger partial charge in [0.05, 0.1) is 0 Å². The molecule has 0 aromatic heterocycles. The highest BCUT2D eigenvalue weighted by molar-refractivity contribution is 8.27. The highest BCUT2D eigenvalue weighted by Crippen LogP contribution is 2.04. The van der Waals surface area contributed by atoms with Crippen molar-refractivity contribution in [2.45, 2.75) is 0 Å². The third-order valence-corrected chi connectivity index (χ3v) is 3.73. The fourth-order valence-corrected chi connectivity index (χ4v) is 0. The van der Waals surface area contributed by atoms with E-state index in [2.05, 4.69) is 12.5 Å². The van der Waals surface area contributed by atoms with Crippen molar-refractivity contribution in [3.8, 4) is 0 Å². The molecule has 0 saturated heterocycles. The minimum Gasteiger partial charge on any atom is -0.153 e. The summed E-state index contributed by atoms with van der Waals surface area (Å²) in [5.74, 6) is 0. The Bertz CT molecular complexity index is 47.6. The molecule has 0 aromatic carbocycles. The Morgan fingerprint density at radius 3 is 1.80 bits per heavy atom. The second kappa shape index (κ2) is 3.14. The van der Waals surface area contributed by atoms with Crippen LogP contribution in [0.1, 0.15) is 0 Å². The number of rotatable bonds is 0. The topological polar surface area (TPSA) is 0 Å². The van der Waals surface area contributed by atoms with E-state index >= 15 is 0 Å². The zero-order valence-corrected chi connectivity index (χ0v) is 5.70. The van der Waals surface area contributed by atoms with Crippen LogP contribution in [-0.4, -0.2) is 12.5 Å². The van der Waals surface area contributed by atoms with Crippen LogP contribution in [0.15, 0.2) is 0 Å². The van der Waals surface area contributed by atoms with Crippen LogP contribution >= 0.6 is 17.9 Å². The number of hydrogen-bond acceptors (Lipinski definition) is 0. The molecular formula is C2H6ClPS. The summed E-state index contributed by atoms with van der Waals surface area (Å²) in [6.07, 6.45) is 4.21. The van der Waals surface area contributed by atoms with Crippen molar-refractivity contribution < 1.29 is 0 Å². The summed E-state index contributed by atoms with van der Waals surface area (Å²) in [7, 11) is 0.415. The first-order valence-corrected chi connectivity index (χ1v) is 5.61. The van der Waals surface area contributed by atoms with Crippen molar-refractivity contribution in [1.29, 1.82) is 0 Å².